The number of hydrogen-bond donors (Lipinski definition) is 2. The van der Waals surface area contributed by atoms with Crippen molar-refractivity contribution in [2.75, 3.05) is 61.5 Å². The van der Waals surface area contributed by atoms with E-state index >= 15 is 0 Å². The molecule has 0 amide bonds. The third-order valence-electron chi connectivity index (χ3n) is 6.17. The third kappa shape index (κ3) is 4.99. The fourth-order valence-corrected chi connectivity index (χ4v) is 4.18. The molecule has 0 saturated carbocycles. The second-order valence-electron chi connectivity index (χ2n) is 9.14. The molecule has 2 aromatic rings. The Labute approximate surface area is 192 Å². The van der Waals surface area contributed by atoms with Gasteiger partial charge in [0.25, 0.3) is 0 Å². The zero-order chi connectivity index (χ0) is 22.7. The third-order valence-corrected chi connectivity index (χ3v) is 6.17. The maximum atomic E-state index is 10.6. The fraction of sp³-hybridized carbons (Fsp3) is 0.385. The highest BCUT2D eigenvalue weighted by molar-refractivity contribution is 5.77. The van der Waals surface area contributed by atoms with Gasteiger partial charge in [-0.3, -0.25) is 5.01 Å². The van der Waals surface area contributed by atoms with Crippen LogP contribution >= 0.6 is 0 Å². The summed E-state index contributed by atoms with van der Waals surface area (Å²) in [6, 6.07) is 14.8. The Balaban J connectivity index is 1.59. The van der Waals surface area contributed by atoms with Crippen molar-refractivity contribution in [2.45, 2.75) is 19.4 Å². The molecule has 2 N–H and O–H groups in total. The summed E-state index contributed by atoms with van der Waals surface area (Å²) in [6.45, 7) is 13.4. The van der Waals surface area contributed by atoms with Gasteiger partial charge in [0.15, 0.2) is 0 Å². The normalized spacial score (nSPS) is 17.8. The minimum Gasteiger partial charge on any atom is -0.386 e. The summed E-state index contributed by atoms with van der Waals surface area (Å²) in [6.07, 6.45) is 6.12. The van der Waals surface area contributed by atoms with Gasteiger partial charge in [0.05, 0.1) is 17.0 Å². The van der Waals surface area contributed by atoms with E-state index in [1.165, 1.54) is 5.69 Å². The molecule has 6 heteroatoms. The van der Waals surface area contributed by atoms with Crippen LogP contribution < -0.4 is 15.2 Å². The van der Waals surface area contributed by atoms with Crippen LogP contribution in [0.4, 0.5) is 22.7 Å². The highest BCUT2D eigenvalue weighted by Crippen LogP contribution is 2.36. The lowest BCUT2D eigenvalue weighted by Crippen LogP contribution is -2.44. The van der Waals surface area contributed by atoms with E-state index in [1.54, 1.807) is 0 Å². The molecule has 0 spiro atoms. The molecule has 0 aliphatic carbocycles. The van der Waals surface area contributed by atoms with Crippen LogP contribution in [0.5, 0.6) is 0 Å². The molecule has 0 radical (unpaired) electrons. The van der Waals surface area contributed by atoms with Crippen molar-refractivity contribution in [1.82, 2.24) is 9.91 Å². The molecule has 6 nitrogen and oxygen atoms in total. The number of anilines is 4. The first kappa shape index (κ1) is 22.4. The molecule has 2 aliphatic heterocycles. The second kappa shape index (κ2) is 9.36. The smallest absolute Gasteiger partial charge is 0.0841 e. The Kier molecular flexibility index (Phi) is 6.55. The number of rotatable bonds is 7. The molecule has 0 unspecified atom stereocenters. The van der Waals surface area contributed by atoms with E-state index in [1.807, 2.05) is 26.0 Å². The number of hydrogen-bond acceptors (Lipinski definition) is 6. The standard InChI is InChI=1S/C26H35N5O/c1-5-13-30-14-6-15-31(30)25-20-21(26(2,3)32)7-12-24(25)27-22-8-10-23(11-9-22)29-18-16-28(4)17-19-29/h5-12,15,20,27,32H,1,13-14,16-19H2,2-4H3. The molecule has 4 rings (SSSR count). The minimum atomic E-state index is -0.913. The molecule has 1 saturated heterocycles. The van der Waals surface area contributed by atoms with Gasteiger partial charge in [0.2, 0.25) is 0 Å². The largest absolute Gasteiger partial charge is 0.386 e. The molecule has 2 aromatic carbocycles. The zero-order valence-corrected chi connectivity index (χ0v) is 19.5. The van der Waals surface area contributed by atoms with E-state index in [0.717, 1.165) is 61.9 Å². The van der Waals surface area contributed by atoms with Crippen molar-refractivity contribution in [3.63, 3.8) is 0 Å². The fourth-order valence-electron chi connectivity index (χ4n) is 4.18. The summed E-state index contributed by atoms with van der Waals surface area (Å²) in [7, 11) is 2.18. The van der Waals surface area contributed by atoms with Crippen LogP contribution in [-0.4, -0.2) is 61.3 Å². The van der Waals surface area contributed by atoms with E-state index in [0.29, 0.717) is 0 Å². The monoisotopic (exact) mass is 433 g/mol. The molecule has 0 aromatic heterocycles. The van der Waals surface area contributed by atoms with E-state index in [4.69, 9.17) is 0 Å². The Morgan fingerprint density at radius 1 is 1.06 bits per heavy atom. The van der Waals surface area contributed by atoms with Crippen LogP contribution in [0.25, 0.3) is 0 Å². The van der Waals surface area contributed by atoms with Crippen LogP contribution in [0.2, 0.25) is 0 Å². The van der Waals surface area contributed by atoms with Gasteiger partial charge < -0.3 is 20.2 Å². The van der Waals surface area contributed by atoms with Gasteiger partial charge in [-0.1, -0.05) is 18.2 Å². The van der Waals surface area contributed by atoms with Crippen molar-refractivity contribution in [1.29, 1.82) is 0 Å². The predicted molar refractivity (Wildman–Crippen MR) is 135 cm³/mol. The van der Waals surface area contributed by atoms with Gasteiger partial charge in [0.1, 0.15) is 0 Å². The van der Waals surface area contributed by atoms with Crippen LogP contribution in [0, 0.1) is 0 Å². The van der Waals surface area contributed by atoms with E-state index in [9.17, 15) is 5.11 Å². The van der Waals surface area contributed by atoms with Gasteiger partial charge in [-0.25, -0.2) is 5.01 Å². The quantitative estimate of drug-likeness (QED) is 0.640. The summed E-state index contributed by atoms with van der Waals surface area (Å²) >= 11 is 0. The Morgan fingerprint density at radius 2 is 1.78 bits per heavy atom. The van der Waals surface area contributed by atoms with Crippen molar-refractivity contribution in [2.24, 2.45) is 0 Å². The number of likely N-dealkylation sites (N-methyl/N-ethyl adjacent to an activating group) is 1. The second-order valence-corrected chi connectivity index (χ2v) is 9.14. The van der Waals surface area contributed by atoms with E-state index in [-0.39, 0.29) is 0 Å². The van der Waals surface area contributed by atoms with Crippen molar-refractivity contribution < 1.29 is 5.11 Å². The molecule has 0 bridgehead atoms. The van der Waals surface area contributed by atoms with Gasteiger partial charge in [-0.15, -0.1) is 6.58 Å². The number of aliphatic hydroxyl groups is 1. The van der Waals surface area contributed by atoms with Crippen LogP contribution in [0.15, 0.2) is 67.4 Å². The average Bonchev–Trinajstić information content (AvgIpc) is 3.23. The highest BCUT2D eigenvalue weighted by atomic mass is 16.3. The van der Waals surface area contributed by atoms with E-state index in [2.05, 4.69) is 87.4 Å². The van der Waals surface area contributed by atoms with Gasteiger partial charge in [-0.2, -0.15) is 0 Å². The SMILES string of the molecule is C=CCN1CC=CN1c1cc(C(C)(C)O)ccc1Nc1ccc(N2CCN(C)CC2)cc1. The lowest BCUT2D eigenvalue weighted by atomic mass is 9.97. The number of nitrogens with zero attached hydrogens (tertiary/aromatic N) is 4. The number of piperazine rings is 1. The van der Waals surface area contributed by atoms with Crippen molar-refractivity contribution >= 4 is 22.7 Å². The molecule has 2 heterocycles. The lowest BCUT2D eigenvalue weighted by molar-refractivity contribution is 0.0786. The summed E-state index contributed by atoms with van der Waals surface area (Å²) in [5, 5.41) is 18.5. The number of benzene rings is 2. The summed E-state index contributed by atoms with van der Waals surface area (Å²) in [4.78, 5) is 4.81. The summed E-state index contributed by atoms with van der Waals surface area (Å²) < 4.78 is 0. The molecule has 32 heavy (non-hydrogen) atoms. The molecular formula is C26H35N5O. The van der Waals surface area contributed by atoms with Crippen LogP contribution in [-0.2, 0) is 5.60 Å². The molecule has 170 valence electrons. The minimum absolute atomic E-state index is 0.749. The average molecular weight is 434 g/mol. The Hall–Kier alpha value is -2.80. The van der Waals surface area contributed by atoms with Gasteiger partial charge in [-0.05, 0) is 62.9 Å². The van der Waals surface area contributed by atoms with E-state index < -0.39 is 5.60 Å². The number of nitrogens with one attached hydrogen (secondary N) is 1. The summed E-state index contributed by atoms with van der Waals surface area (Å²) in [5.41, 5.74) is 4.26. The Bertz CT molecular complexity index is 955. The first-order valence-electron chi connectivity index (χ1n) is 11.3. The first-order valence-corrected chi connectivity index (χ1v) is 11.3. The summed E-state index contributed by atoms with van der Waals surface area (Å²) in [5.74, 6) is 0. The predicted octanol–water partition coefficient (Wildman–Crippen LogP) is 4.15. The molecular weight excluding hydrogens is 398 g/mol. The maximum absolute atomic E-state index is 10.6. The lowest BCUT2D eigenvalue weighted by Gasteiger charge is -2.34. The van der Waals surface area contributed by atoms with Gasteiger partial charge in [0, 0.05) is 56.8 Å². The van der Waals surface area contributed by atoms with Crippen molar-refractivity contribution in [3.05, 3.63) is 73.0 Å². The van der Waals surface area contributed by atoms with Crippen LogP contribution in [0.1, 0.15) is 19.4 Å². The molecule has 1 fully saturated rings. The molecule has 0 atom stereocenters. The highest BCUT2D eigenvalue weighted by Gasteiger charge is 2.23. The van der Waals surface area contributed by atoms with Gasteiger partial charge >= 0.3 is 0 Å². The maximum Gasteiger partial charge on any atom is 0.0841 e. The number of hydrazine groups is 1. The first-order chi connectivity index (χ1) is 15.3. The topological polar surface area (TPSA) is 45.2 Å². The Morgan fingerprint density at radius 3 is 2.44 bits per heavy atom. The zero-order valence-electron chi connectivity index (χ0n) is 19.5. The van der Waals surface area contributed by atoms with Crippen molar-refractivity contribution in [3.8, 4) is 0 Å². The molecule has 2 aliphatic rings. The van der Waals surface area contributed by atoms with Crippen LogP contribution in [0.3, 0.4) is 0 Å².